The molecule has 6 heteroatoms. The Morgan fingerprint density at radius 2 is 2.12 bits per heavy atom. The second kappa shape index (κ2) is 5.38. The lowest BCUT2D eigenvalue weighted by Crippen LogP contribution is -2.26. The van der Waals surface area contributed by atoms with Crippen LogP contribution in [0.1, 0.15) is 18.4 Å². The number of carbonyl (C=O) groups is 1. The summed E-state index contributed by atoms with van der Waals surface area (Å²) >= 11 is 0. The molecule has 2 atom stereocenters. The summed E-state index contributed by atoms with van der Waals surface area (Å²) in [6.07, 6.45) is 0. The van der Waals surface area contributed by atoms with E-state index < -0.39 is 35.1 Å². The topological polar surface area (TPSA) is 80.4 Å². The normalized spacial score (nSPS) is 14.0. The maximum absolute atomic E-state index is 13.5. The van der Waals surface area contributed by atoms with E-state index in [1.54, 1.807) is 0 Å². The summed E-state index contributed by atoms with van der Waals surface area (Å²) in [5, 5.41) is 19.4. The van der Waals surface area contributed by atoms with Crippen LogP contribution in [-0.4, -0.2) is 22.5 Å². The summed E-state index contributed by atoms with van der Waals surface area (Å²) in [4.78, 5) is 20.7. The molecule has 1 aromatic carbocycles. The van der Waals surface area contributed by atoms with E-state index >= 15 is 0 Å². The Morgan fingerprint density at radius 1 is 1.53 bits per heavy atom. The van der Waals surface area contributed by atoms with Gasteiger partial charge in [0.25, 0.3) is 0 Å². The van der Waals surface area contributed by atoms with Gasteiger partial charge in [-0.05, 0) is 11.6 Å². The first kappa shape index (κ1) is 13.1. The minimum atomic E-state index is -1.18. The molecule has 0 amide bonds. The molecule has 0 spiro atoms. The van der Waals surface area contributed by atoms with Crippen molar-refractivity contribution in [1.82, 2.24) is 0 Å². The highest BCUT2D eigenvalue weighted by molar-refractivity contribution is 5.71. The molecule has 92 valence electrons. The largest absolute Gasteiger partial charge is 0.481 e. The van der Waals surface area contributed by atoms with Crippen LogP contribution in [-0.2, 0) is 4.79 Å². The first-order chi connectivity index (χ1) is 7.93. The highest BCUT2D eigenvalue weighted by atomic mass is 19.1. The average molecular weight is 241 g/mol. The first-order valence-corrected chi connectivity index (χ1v) is 5.02. The number of hydrogen-bond donors (Lipinski definition) is 1. The Kier molecular flexibility index (Phi) is 4.14. The van der Waals surface area contributed by atoms with Crippen molar-refractivity contribution in [3.05, 3.63) is 45.8 Å². The number of hydrogen-bond acceptors (Lipinski definition) is 3. The number of rotatable bonds is 5. The van der Waals surface area contributed by atoms with E-state index in [1.165, 1.54) is 25.1 Å². The molecule has 0 aliphatic carbocycles. The number of nitrogens with zero attached hydrogens (tertiary/aromatic N) is 1. The van der Waals surface area contributed by atoms with Crippen molar-refractivity contribution in [2.75, 3.05) is 6.54 Å². The molecule has 0 aromatic heterocycles. The predicted molar refractivity (Wildman–Crippen MR) is 57.8 cm³/mol. The van der Waals surface area contributed by atoms with Crippen LogP contribution in [0, 0.1) is 21.8 Å². The Morgan fingerprint density at radius 3 is 2.59 bits per heavy atom. The molecule has 17 heavy (non-hydrogen) atoms. The standard InChI is InChI=1S/C11H12FNO4/c1-7(11(14)15)9(6-13(16)17)8-4-2-3-5-10(8)12/h2-5,7,9H,6H2,1H3,(H,14,15). The third kappa shape index (κ3) is 3.24. The maximum Gasteiger partial charge on any atom is 0.307 e. The maximum atomic E-state index is 13.5. The fourth-order valence-electron chi connectivity index (χ4n) is 1.63. The molecule has 0 aliphatic rings. The number of carboxylic acids is 1. The van der Waals surface area contributed by atoms with Crippen LogP contribution in [0.4, 0.5) is 4.39 Å². The lowest BCUT2D eigenvalue weighted by atomic mass is 9.87. The minimum absolute atomic E-state index is 0.0686. The zero-order chi connectivity index (χ0) is 13.0. The van der Waals surface area contributed by atoms with Crippen molar-refractivity contribution < 1.29 is 19.2 Å². The Labute approximate surface area is 97.0 Å². The summed E-state index contributed by atoms with van der Waals surface area (Å²) in [7, 11) is 0. The number of halogens is 1. The van der Waals surface area contributed by atoms with Crippen molar-refractivity contribution in [2.45, 2.75) is 12.8 Å². The van der Waals surface area contributed by atoms with Crippen LogP contribution >= 0.6 is 0 Å². The Hall–Kier alpha value is -1.98. The molecule has 0 saturated carbocycles. The van der Waals surface area contributed by atoms with Gasteiger partial charge in [0.1, 0.15) is 5.82 Å². The molecule has 0 fully saturated rings. The third-order valence-electron chi connectivity index (χ3n) is 2.64. The Bertz CT molecular complexity index is 435. The van der Waals surface area contributed by atoms with Gasteiger partial charge >= 0.3 is 5.97 Å². The van der Waals surface area contributed by atoms with Crippen LogP contribution < -0.4 is 0 Å². The van der Waals surface area contributed by atoms with Crippen molar-refractivity contribution in [2.24, 2.45) is 5.92 Å². The summed E-state index contributed by atoms with van der Waals surface area (Å²) in [6.45, 7) is 0.733. The predicted octanol–water partition coefficient (Wildman–Crippen LogP) is 1.91. The van der Waals surface area contributed by atoms with E-state index in [0.717, 1.165) is 6.07 Å². The smallest absolute Gasteiger partial charge is 0.307 e. The van der Waals surface area contributed by atoms with E-state index in [4.69, 9.17) is 5.11 Å². The van der Waals surface area contributed by atoms with E-state index in [-0.39, 0.29) is 5.56 Å². The number of benzene rings is 1. The number of carboxylic acid groups (broad SMARTS) is 1. The number of aliphatic carboxylic acids is 1. The van der Waals surface area contributed by atoms with Gasteiger partial charge in [-0.15, -0.1) is 0 Å². The summed E-state index contributed by atoms with van der Waals surface area (Å²) in [5.41, 5.74) is 0.0686. The van der Waals surface area contributed by atoms with Gasteiger partial charge in [-0.3, -0.25) is 14.9 Å². The van der Waals surface area contributed by atoms with Crippen LogP contribution in [0.2, 0.25) is 0 Å². The van der Waals surface area contributed by atoms with Gasteiger partial charge in [0, 0.05) is 4.92 Å². The molecule has 1 aromatic rings. The highest BCUT2D eigenvalue weighted by Crippen LogP contribution is 2.27. The van der Waals surface area contributed by atoms with E-state index in [0.29, 0.717) is 0 Å². The van der Waals surface area contributed by atoms with Gasteiger partial charge in [-0.25, -0.2) is 4.39 Å². The number of nitro groups is 1. The summed E-state index contributed by atoms with van der Waals surface area (Å²) in [6, 6.07) is 5.52. The zero-order valence-electron chi connectivity index (χ0n) is 9.17. The van der Waals surface area contributed by atoms with E-state index in [9.17, 15) is 19.3 Å². The SMILES string of the molecule is CC(C(=O)O)C(C[N+](=O)[O-])c1ccccc1F. The average Bonchev–Trinajstić information content (AvgIpc) is 2.25. The fraction of sp³-hybridized carbons (Fsp3) is 0.364. The summed E-state index contributed by atoms with van der Waals surface area (Å²) < 4.78 is 13.5. The van der Waals surface area contributed by atoms with Crippen molar-refractivity contribution in [3.8, 4) is 0 Å². The van der Waals surface area contributed by atoms with E-state index in [2.05, 4.69) is 0 Å². The quantitative estimate of drug-likeness (QED) is 0.630. The van der Waals surface area contributed by atoms with Gasteiger partial charge in [0.2, 0.25) is 6.54 Å². The second-order valence-corrected chi connectivity index (χ2v) is 3.77. The minimum Gasteiger partial charge on any atom is -0.481 e. The van der Waals surface area contributed by atoms with Crippen LogP contribution in [0.25, 0.3) is 0 Å². The summed E-state index contributed by atoms with van der Waals surface area (Å²) in [5.74, 6) is -3.78. The lowest BCUT2D eigenvalue weighted by molar-refractivity contribution is -0.484. The molecule has 1 N–H and O–H groups in total. The van der Waals surface area contributed by atoms with Gasteiger partial charge in [0.15, 0.2) is 0 Å². The molecule has 1 rings (SSSR count). The van der Waals surface area contributed by atoms with Crippen molar-refractivity contribution in [1.29, 1.82) is 0 Å². The van der Waals surface area contributed by atoms with Crippen molar-refractivity contribution in [3.63, 3.8) is 0 Å². The molecule has 5 nitrogen and oxygen atoms in total. The molecule has 0 aliphatic heterocycles. The molecule has 0 radical (unpaired) electrons. The first-order valence-electron chi connectivity index (χ1n) is 5.02. The lowest BCUT2D eigenvalue weighted by Gasteiger charge is -2.17. The second-order valence-electron chi connectivity index (χ2n) is 3.77. The monoisotopic (exact) mass is 241 g/mol. The molecule has 0 bridgehead atoms. The fourth-order valence-corrected chi connectivity index (χ4v) is 1.63. The van der Waals surface area contributed by atoms with Crippen molar-refractivity contribution >= 4 is 5.97 Å². The molecule has 0 saturated heterocycles. The molecular weight excluding hydrogens is 229 g/mol. The Balaban J connectivity index is 3.10. The molecular formula is C11H12FNO4. The van der Waals surface area contributed by atoms with Gasteiger partial charge in [-0.1, -0.05) is 25.1 Å². The van der Waals surface area contributed by atoms with Crippen LogP contribution in [0.5, 0.6) is 0 Å². The van der Waals surface area contributed by atoms with Gasteiger partial charge in [-0.2, -0.15) is 0 Å². The zero-order valence-corrected chi connectivity index (χ0v) is 9.17. The van der Waals surface area contributed by atoms with Crippen LogP contribution in [0.15, 0.2) is 24.3 Å². The van der Waals surface area contributed by atoms with Crippen LogP contribution in [0.3, 0.4) is 0 Å². The van der Waals surface area contributed by atoms with E-state index in [1.807, 2.05) is 0 Å². The molecule has 2 unspecified atom stereocenters. The van der Waals surface area contributed by atoms with Gasteiger partial charge in [0.05, 0.1) is 11.8 Å². The molecule has 0 heterocycles. The van der Waals surface area contributed by atoms with Gasteiger partial charge < -0.3 is 5.11 Å². The highest BCUT2D eigenvalue weighted by Gasteiger charge is 2.31. The third-order valence-corrected chi connectivity index (χ3v) is 2.64.